The molecule has 4 heteroatoms. The largest absolute Gasteiger partial charge is 0.351 e. The topological polar surface area (TPSA) is 48.8 Å². The fourth-order valence-electron chi connectivity index (χ4n) is 2.83. The third kappa shape index (κ3) is 2.08. The molecule has 2 heterocycles. The SMILES string of the molecule is Cn1ccc(CCn2ccc3c2CCCC3N)n1. The Balaban J connectivity index is 1.73. The first-order chi connectivity index (χ1) is 8.74. The molecule has 1 atom stereocenters. The van der Waals surface area contributed by atoms with E-state index in [1.165, 1.54) is 17.7 Å². The number of hydrogen-bond donors (Lipinski definition) is 1. The Morgan fingerprint density at radius 2 is 2.28 bits per heavy atom. The second kappa shape index (κ2) is 4.61. The fourth-order valence-corrected chi connectivity index (χ4v) is 2.83. The molecule has 1 unspecified atom stereocenters. The molecule has 0 saturated carbocycles. The number of nitrogens with two attached hydrogens (primary N) is 1. The maximum absolute atomic E-state index is 6.14. The molecule has 96 valence electrons. The summed E-state index contributed by atoms with van der Waals surface area (Å²) in [6, 6.07) is 4.52. The van der Waals surface area contributed by atoms with E-state index in [9.17, 15) is 0 Å². The Hall–Kier alpha value is -1.55. The molecule has 0 amide bonds. The van der Waals surface area contributed by atoms with Crippen LogP contribution >= 0.6 is 0 Å². The smallest absolute Gasteiger partial charge is 0.0642 e. The van der Waals surface area contributed by atoms with Crippen molar-refractivity contribution in [3.05, 3.63) is 41.5 Å². The van der Waals surface area contributed by atoms with Crippen LogP contribution in [-0.4, -0.2) is 14.3 Å². The molecule has 4 nitrogen and oxygen atoms in total. The highest BCUT2D eigenvalue weighted by molar-refractivity contribution is 5.28. The summed E-state index contributed by atoms with van der Waals surface area (Å²) in [6.45, 7) is 0.999. The second-order valence-corrected chi connectivity index (χ2v) is 5.14. The van der Waals surface area contributed by atoms with Gasteiger partial charge >= 0.3 is 0 Å². The number of hydrogen-bond acceptors (Lipinski definition) is 2. The van der Waals surface area contributed by atoms with E-state index in [0.717, 1.165) is 31.5 Å². The molecule has 3 rings (SSSR count). The van der Waals surface area contributed by atoms with Crippen LogP contribution in [0.3, 0.4) is 0 Å². The molecule has 2 aromatic heterocycles. The lowest BCUT2D eigenvalue weighted by molar-refractivity contribution is 0.537. The molecule has 18 heavy (non-hydrogen) atoms. The van der Waals surface area contributed by atoms with Crippen molar-refractivity contribution in [3.63, 3.8) is 0 Å². The number of rotatable bonds is 3. The Morgan fingerprint density at radius 3 is 3.06 bits per heavy atom. The van der Waals surface area contributed by atoms with E-state index in [0.29, 0.717) is 0 Å². The lowest BCUT2D eigenvalue weighted by atomic mass is 9.93. The van der Waals surface area contributed by atoms with Crippen molar-refractivity contribution in [2.45, 2.75) is 38.3 Å². The van der Waals surface area contributed by atoms with Gasteiger partial charge < -0.3 is 10.3 Å². The molecule has 0 fully saturated rings. The third-order valence-electron chi connectivity index (χ3n) is 3.82. The molecule has 2 aromatic rings. The minimum absolute atomic E-state index is 0.241. The van der Waals surface area contributed by atoms with Gasteiger partial charge in [-0.05, 0) is 37.0 Å². The van der Waals surface area contributed by atoms with E-state index >= 15 is 0 Å². The van der Waals surface area contributed by atoms with Gasteiger partial charge in [0.05, 0.1) is 5.69 Å². The van der Waals surface area contributed by atoms with Gasteiger partial charge in [0.1, 0.15) is 0 Å². The zero-order valence-electron chi connectivity index (χ0n) is 10.8. The molecule has 0 aromatic carbocycles. The Kier molecular flexibility index (Phi) is 2.96. The lowest BCUT2D eigenvalue weighted by Crippen LogP contribution is -2.18. The Bertz CT molecular complexity index is 538. The number of aryl methyl sites for hydroxylation is 3. The summed E-state index contributed by atoms with van der Waals surface area (Å²) in [5.41, 5.74) is 10.1. The van der Waals surface area contributed by atoms with Crippen LogP contribution in [0.2, 0.25) is 0 Å². The highest BCUT2D eigenvalue weighted by Crippen LogP contribution is 2.28. The molecule has 0 aliphatic heterocycles. The Morgan fingerprint density at radius 1 is 1.39 bits per heavy atom. The van der Waals surface area contributed by atoms with Gasteiger partial charge in [-0.3, -0.25) is 4.68 Å². The van der Waals surface area contributed by atoms with E-state index in [1.807, 2.05) is 17.9 Å². The summed E-state index contributed by atoms with van der Waals surface area (Å²) >= 11 is 0. The third-order valence-corrected chi connectivity index (χ3v) is 3.82. The van der Waals surface area contributed by atoms with Gasteiger partial charge in [-0.15, -0.1) is 0 Å². The van der Waals surface area contributed by atoms with Gasteiger partial charge in [0.15, 0.2) is 0 Å². The number of fused-ring (bicyclic) bond motifs is 1. The van der Waals surface area contributed by atoms with Crippen LogP contribution < -0.4 is 5.73 Å². The Labute approximate surface area is 107 Å². The van der Waals surface area contributed by atoms with Crippen molar-refractivity contribution in [1.82, 2.24) is 14.3 Å². The number of nitrogens with zero attached hydrogens (tertiary/aromatic N) is 3. The van der Waals surface area contributed by atoms with E-state index in [1.54, 1.807) is 0 Å². The summed E-state index contributed by atoms with van der Waals surface area (Å²) in [4.78, 5) is 0. The van der Waals surface area contributed by atoms with E-state index in [2.05, 4.69) is 28.0 Å². The molecule has 1 aliphatic carbocycles. The first-order valence-corrected chi connectivity index (χ1v) is 6.66. The van der Waals surface area contributed by atoms with Crippen molar-refractivity contribution in [1.29, 1.82) is 0 Å². The zero-order valence-corrected chi connectivity index (χ0v) is 10.8. The standard InChI is InChI=1S/C14H20N4/c1-17-8-5-11(16-17)6-9-18-10-7-12-13(15)3-2-4-14(12)18/h5,7-8,10,13H,2-4,6,9,15H2,1H3. The van der Waals surface area contributed by atoms with Gasteiger partial charge in [0.25, 0.3) is 0 Å². The average molecular weight is 244 g/mol. The zero-order chi connectivity index (χ0) is 12.5. The first-order valence-electron chi connectivity index (χ1n) is 6.66. The van der Waals surface area contributed by atoms with E-state index in [4.69, 9.17) is 5.73 Å². The first kappa shape index (κ1) is 11.5. The maximum atomic E-state index is 6.14. The molecule has 0 radical (unpaired) electrons. The minimum atomic E-state index is 0.241. The van der Waals surface area contributed by atoms with Gasteiger partial charge in [0, 0.05) is 44.1 Å². The molecular formula is C14H20N4. The number of aromatic nitrogens is 3. The van der Waals surface area contributed by atoms with Crippen LogP contribution in [0.4, 0.5) is 0 Å². The summed E-state index contributed by atoms with van der Waals surface area (Å²) in [7, 11) is 1.96. The van der Waals surface area contributed by atoms with Crippen molar-refractivity contribution in [2.24, 2.45) is 12.8 Å². The molecular weight excluding hydrogens is 224 g/mol. The summed E-state index contributed by atoms with van der Waals surface area (Å²) < 4.78 is 4.21. The predicted molar refractivity (Wildman–Crippen MR) is 71.2 cm³/mol. The predicted octanol–water partition coefficient (Wildman–Crippen LogP) is 1.80. The monoisotopic (exact) mass is 244 g/mol. The fraction of sp³-hybridized carbons (Fsp3) is 0.500. The normalized spacial score (nSPS) is 18.9. The van der Waals surface area contributed by atoms with Crippen molar-refractivity contribution in [2.75, 3.05) is 0 Å². The molecule has 0 bridgehead atoms. The van der Waals surface area contributed by atoms with Gasteiger partial charge in [-0.25, -0.2) is 0 Å². The molecule has 2 N–H and O–H groups in total. The van der Waals surface area contributed by atoms with Crippen molar-refractivity contribution >= 4 is 0 Å². The highest BCUT2D eigenvalue weighted by Gasteiger charge is 2.19. The quantitative estimate of drug-likeness (QED) is 0.895. The minimum Gasteiger partial charge on any atom is -0.351 e. The summed E-state index contributed by atoms with van der Waals surface area (Å²) in [6.07, 6.45) is 8.66. The van der Waals surface area contributed by atoms with Crippen LogP contribution in [0.1, 0.15) is 35.8 Å². The van der Waals surface area contributed by atoms with Gasteiger partial charge in [-0.1, -0.05) is 0 Å². The van der Waals surface area contributed by atoms with Crippen LogP contribution in [0.5, 0.6) is 0 Å². The van der Waals surface area contributed by atoms with E-state index in [-0.39, 0.29) is 6.04 Å². The molecule has 0 spiro atoms. The summed E-state index contributed by atoms with van der Waals surface area (Å²) in [5, 5.41) is 4.42. The van der Waals surface area contributed by atoms with Crippen LogP contribution in [0, 0.1) is 0 Å². The van der Waals surface area contributed by atoms with Crippen molar-refractivity contribution < 1.29 is 0 Å². The van der Waals surface area contributed by atoms with E-state index < -0.39 is 0 Å². The van der Waals surface area contributed by atoms with Crippen LogP contribution in [0.15, 0.2) is 24.5 Å². The van der Waals surface area contributed by atoms with Crippen molar-refractivity contribution in [3.8, 4) is 0 Å². The van der Waals surface area contributed by atoms with Gasteiger partial charge in [0.2, 0.25) is 0 Å². The molecule has 1 aliphatic rings. The molecule has 0 saturated heterocycles. The van der Waals surface area contributed by atoms with Crippen LogP contribution in [-0.2, 0) is 26.4 Å². The average Bonchev–Trinajstić information content (AvgIpc) is 2.94. The maximum Gasteiger partial charge on any atom is 0.0642 e. The van der Waals surface area contributed by atoms with Crippen LogP contribution in [0.25, 0.3) is 0 Å². The lowest BCUT2D eigenvalue weighted by Gasteiger charge is -2.20. The highest BCUT2D eigenvalue weighted by atomic mass is 15.2. The second-order valence-electron chi connectivity index (χ2n) is 5.14. The van der Waals surface area contributed by atoms with Gasteiger partial charge in [-0.2, -0.15) is 5.10 Å². The summed E-state index contributed by atoms with van der Waals surface area (Å²) in [5.74, 6) is 0.